The van der Waals surface area contributed by atoms with Crippen LogP contribution in [0.15, 0.2) is 0 Å². The van der Waals surface area contributed by atoms with Gasteiger partial charge in [-0.1, -0.05) is 0 Å². The molecule has 20 heavy (non-hydrogen) atoms. The van der Waals surface area contributed by atoms with E-state index in [1.54, 1.807) is 0 Å². The lowest BCUT2D eigenvalue weighted by atomic mass is 10.0. The Morgan fingerprint density at radius 1 is 1.20 bits per heavy atom. The van der Waals surface area contributed by atoms with E-state index in [0.29, 0.717) is 23.7 Å². The highest BCUT2D eigenvalue weighted by Gasteiger charge is 2.67. The molecule has 3 rings (SSSR count). The molecule has 4 unspecified atom stereocenters. The van der Waals surface area contributed by atoms with Crippen LogP contribution in [0.5, 0.6) is 0 Å². The summed E-state index contributed by atoms with van der Waals surface area (Å²) >= 11 is 0. The van der Waals surface area contributed by atoms with Gasteiger partial charge in [-0.3, -0.25) is 9.59 Å². The van der Waals surface area contributed by atoms with Crippen molar-refractivity contribution >= 4 is 17.8 Å². The Hall–Kier alpha value is -1.59. The van der Waals surface area contributed by atoms with Crippen LogP contribution in [0.25, 0.3) is 0 Å². The zero-order valence-electron chi connectivity index (χ0n) is 11.2. The van der Waals surface area contributed by atoms with Gasteiger partial charge in [-0.05, 0) is 49.4 Å². The van der Waals surface area contributed by atoms with Crippen molar-refractivity contribution in [1.82, 2.24) is 5.32 Å². The van der Waals surface area contributed by atoms with Crippen LogP contribution in [0, 0.1) is 29.6 Å². The number of nitrogens with one attached hydrogen (secondary N) is 1. The van der Waals surface area contributed by atoms with E-state index in [1.165, 1.54) is 19.3 Å². The molecule has 2 bridgehead atoms. The summed E-state index contributed by atoms with van der Waals surface area (Å²) in [6.07, 6.45) is 3.73. The zero-order valence-corrected chi connectivity index (χ0v) is 11.2. The normalized spacial score (nSPS) is 38.1. The van der Waals surface area contributed by atoms with Crippen LogP contribution in [0.2, 0.25) is 0 Å². The Bertz CT molecular complexity index is 448. The molecule has 110 valence electrons. The Balaban J connectivity index is 1.55. The number of carboxylic acids is 1. The molecule has 3 fully saturated rings. The SMILES string of the molecule is NC(=O)CC[C@@H](NC(=O)C1C2C3CCC(C3)C12)C(=O)O. The first kappa shape index (κ1) is 13.4. The second-order valence-electron chi connectivity index (χ2n) is 6.42. The topological polar surface area (TPSA) is 109 Å². The van der Waals surface area contributed by atoms with Gasteiger partial charge in [0.1, 0.15) is 6.04 Å². The highest BCUT2D eigenvalue weighted by atomic mass is 16.4. The number of carbonyl (C=O) groups excluding carboxylic acids is 2. The molecule has 0 aromatic carbocycles. The maximum Gasteiger partial charge on any atom is 0.326 e. The van der Waals surface area contributed by atoms with Crippen LogP contribution in [-0.2, 0) is 14.4 Å². The molecule has 0 radical (unpaired) electrons. The minimum absolute atomic E-state index is 0.0108. The fourth-order valence-corrected chi connectivity index (χ4v) is 4.49. The summed E-state index contributed by atoms with van der Waals surface area (Å²) in [4.78, 5) is 34.0. The molecule has 0 spiro atoms. The van der Waals surface area contributed by atoms with E-state index in [1.807, 2.05) is 0 Å². The highest BCUT2D eigenvalue weighted by molar-refractivity contribution is 5.87. The van der Waals surface area contributed by atoms with Gasteiger partial charge in [0.15, 0.2) is 0 Å². The third kappa shape index (κ3) is 2.17. The van der Waals surface area contributed by atoms with Crippen LogP contribution >= 0.6 is 0 Å². The lowest BCUT2D eigenvalue weighted by Gasteiger charge is -2.15. The van der Waals surface area contributed by atoms with Gasteiger partial charge in [-0.15, -0.1) is 0 Å². The van der Waals surface area contributed by atoms with Crippen molar-refractivity contribution in [3.8, 4) is 0 Å². The summed E-state index contributed by atoms with van der Waals surface area (Å²) in [5.41, 5.74) is 5.02. The van der Waals surface area contributed by atoms with Crippen LogP contribution in [0.3, 0.4) is 0 Å². The fourth-order valence-electron chi connectivity index (χ4n) is 4.49. The lowest BCUT2D eigenvalue weighted by molar-refractivity contribution is -0.142. The third-order valence-electron chi connectivity index (χ3n) is 5.33. The molecule has 6 heteroatoms. The predicted octanol–water partition coefficient (Wildman–Crippen LogP) is 0.113. The summed E-state index contributed by atoms with van der Waals surface area (Å²) in [5, 5.41) is 11.7. The number of fused-ring (bicyclic) bond motifs is 5. The predicted molar refractivity (Wildman–Crippen MR) is 69.3 cm³/mol. The number of primary amides is 1. The first-order valence-electron chi connectivity index (χ1n) is 7.30. The average molecular weight is 280 g/mol. The van der Waals surface area contributed by atoms with Crippen LogP contribution in [-0.4, -0.2) is 28.9 Å². The molecule has 0 aliphatic heterocycles. The Kier molecular flexibility index (Phi) is 3.18. The molecule has 0 heterocycles. The first-order valence-corrected chi connectivity index (χ1v) is 7.30. The number of carbonyl (C=O) groups is 3. The minimum atomic E-state index is -1.10. The monoisotopic (exact) mass is 280 g/mol. The van der Waals surface area contributed by atoms with Crippen molar-refractivity contribution in [2.24, 2.45) is 35.3 Å². The molecule has 3 saturated carbocycles. The van der Waals surface area contributed by atoms with Gasteiger partial charge >= 0.3 is 5.97 Å². The fraction of sp³-hybridized carbons (Fsp3) is 0.786. The Labute approximate surface area is 117 Å². The second kappa shape index (κ2) is 4.75. The molecule has 3 aliphatic carbocycles. The van der Waals surface area contributed by atoms with E-state index in [-0.39, 0.29) is 24.7 Å². The van der Waals surface area contributed by atoms with Gasteiger partial charge in [0.05, 0.1) is 0 Å². The second-order valence-corrected chi connectivity index (χ2v) is 6.42. The summed E-state index contributed by atoms with van der Waals surface area (Å²) in [7, 11) is 0. The maximum atomic E-state index is 12.2. The van der Waals surface area contributed by atoms with Gasteiger partial charge < -0.3 is 16.2 Å². The molecule has 3 aliphatic rings. The van der Waals surface area contributed by atoms with Gasteiger partial charge in [0.2, 0.25) is 11.8 Å². The van der Waals surface area contributed by atoms with Crippen LogP contribution in [0.1, 0.15) is 32.1 Å². The van der Waals surface area contributed by atoms with Gasteiger partial charge in [-0.2, -0.15) is 0 Å². The summed E-state index contributed by atoms with van der Waals surface area (Å²) < 4.78 is 0. The molecule has 5 atom stereocenters. The third-order valence-corrected chi connectivity index (χ3v) is 5.33. The van der Waals surface area contributed by atoms with E-state index >= 15 is 0 Å². The van der Waals surface area contributed by atoms with Crippen molar-refractivity contribution in [2.75, 3.05) is 0 Å². The van der Waals surface area contributed by atoms with Crippen LogP contribution in [0.4, 0.5) is 0 Å². The van der Waals surface area contributed by atoms with E-state index in [9.17, 15) is 14.4 Å². The van der Waals surface area contributed by atoms with E-state index in [0.717, 1.165) is 0 Å². The molecule has 0 aromatic rings. The molecule has 6 nitrogen and oxygen atoms in total. The number of amides is 2. The standard InChI is InChI=1S/C14H20N2O4/c15-9(17)4-3-8(14(19)20)16-13(18)12-10-6-1-2-7(5-6)11(10)12/h6-8,10-12H,1-5H2,(H2,15,17)(H,16,18)(H,19,20)/t6?,7?,8-,10?,11?,12?/m1/s1. The summed E-state index contributed by atoms with van der Waals surface area (Å²) in [6, 6.07) is -1.01. The van der Waals surface area contributed by atoms with Crippen molar-refractivity contribution in [1.29, 1.82) is 0 Å². The Morgan fingerprint density at radius 3 is 2.30 bits per heavy atom. The van der Waals surface area contributed by atoms with Gasteiger partial charge in [-0.25, -0.2) is 4.79 Å². The molecular weight excluding hydrogens is 260 g/mol. The van der Waals surface area contributed by atoms with Crippen molar-refractivity contribution < 1.29 is 19.5 Å². The smallest absolute Gasteiger partial charge is 0.326 e. The average Bonchev–Trinajstić information content (AvgIpc) is 2.82. The number of nitrogens with two attached hydrogens (primary N) is 1. The quantitative estimate of drug-likeness (QED) is 0.641. The maximum absolute atomic E-state index is 12.2. The Morgan fingerprint density at radius 2 is 1.80 bits per heavy atom. The molecule has 4 N–H and O–H groups in total. The molecular formula is C14H20N2O4. The highest BCUT2D eigenvalue weighted by Crippen LogP contribution is 2.69. The molecule has 0 aromatic heterocycles. The van der Waals surface area contributed by atoms with Crippen molar-refractivity contribution in [3.05, 3.63) is 0 Å². The number of hydrogen-bond donors (Lipinski definition) is 3. The molecule has 2 amide bonds. The van der Waals surface area contributed by atoms with Gasteiger partial charge in [0, 0.05) is 12.3 Å². The number of carboxylic acid groups (broad SMARTS) is 1. The minimum Gasteiger partial charge on any atom is -0.480 e. The van der Waals surface area contributed by atoms with Crippen molar-refractivity contribution in [3.63, 3.8) is 0 Å². The van der Waals surface area contributed by atoms with Gasteiger partial charge in [0.25, 0.3) is 0 Å². The first-order chi connectivity index (χ1) is 9.49. The molecule has 0 saturated heterocycles. The van der Waals surface area contributed by atoms with Crippen LogP contribution < -0.4 is 11.1 Å². The van der Waals surface area contributed by atoms with Crippen molar-refractivity contribution in [2.45, 2.75) is 38.1 Å². The largest absolute Gasteiger partial charge is 0.480 e. The van der Waals surface area contributed by atoms with E-state index in [4.69, 9.17) is 10.8 Å². The summed E-state index contributed by atoms with van der Waals surface area (Å²) in [5.74, 6) is 0.535. The number of rotatable bonds is 6. The van der Waals surface area contributed by atoms with E-state index in [2.05, 4.69) is 5.32 Å². The lowest BCUT2D eigenvalue weighted by Crippen LogP contribution is -2.42. The zero-order chi connectivity index (χ0) is 14.4. The number of hydrogen-bond acceptors (Lipinski definition) is 3. The summed E-state index contributed by atoms with van der Waals surface area (Å²) in [6.45, 7) is 0. The van der Waals surface area contributed by atoms with E-state index < -0.39 is 17.9 Å². The number of aliphatic carboxylic acids is 1.